The third-order valence-electron chi connectivity index (χ3n) is 7.56. The van der Waals surface area contributed by atoms with Gasteiger partial charge in [-0.2, -0.15) is 0 Å². The van der Waals surface area contributed by atoms with Crippen molar-refractivity contribution >= 4 is 5.97 Å². The molecule has 0 amide bonds. The number of carboxylic acid groups (broad SMARTS) is 1. The number of rotatable bonds is 13. The van der Waals surface area contributed by atoms with Crippen LogP contribution in [0, 0.1) is 17.8 Å². The number of fused-ring (bicyclic) bond motifs is 1. The van der Waals surface area contributed by atoms with Gasteiger partial charge in [-0.3, -0.25) is 0 Å². The van der Waals surface area contributed by atoms with E-state index in [1.54, 1.807) is 18.2 Å². The van der Waals surface area contributed by atoms with Gasteiger partial charge >= 0.3 is 5.97 Å². The SMILES string of the molecule is C=CC(O)(CC=C[C@H]1[C@H]2CC(CCCCc3ccccc3C(=O)O)=C[C@H]2C[C@H]1O)CCCC. The van der Waals surface area contributed by atoms with Crippen LogP contribution in [0.2, 0.25) is 0 Å². The van der Waals surface area contributed by atoms with E-state index in [-0.39, 0.29) is 12.0 Å². The van der Waals surface area contributed by atoms with E-state index in [1.165, 1.54) is 5.57 Å². The zero-order chi connectivity index (χ0) is 23.8. The van der Waals surface area contributed by atoms with Gasteiger partial charge in [0.1, 0.15) is 0 Å². The molecule has 5 atom stereocenters. The molecule has 2 aliphatic carbocycles. The smallest absolute Gasteiger partial charge is 0.335 e. The van der Waals surface area contributed by atoms with Gasteiger partial charge in [0, 0.05) is 5.92 Å². The van der Waals surface area contributed by atoms with E-state index in [1.807, 2.05) is 18.2 Å². The molecule has 1 aromatic carbocycles. The highest BCUT2D eigenvalue weighted by Gasteiger charge is 2.43. The highest BCUT2D eigenvalue weighted by atomic mass is 16.4. The molecule has 0 heterocycles. The van der Waals surface area contributed by atoms with Gasteiger partial charge in [-0.15, -0.1) is 6.58 Å². The normalized spacial score (nSPS) is 26.2. The minimum Gasteiger partial charge on any atom is -0.478 e. The van der Waals surface area contributed by atoms with E-state index < -0.39 is 11.6 Å². The first-order chi connectivity index (χ1) is 15.9. The molecule has 180 valence electrons. The number of carboxylic acids is 1. The predicted octanol–water partition coefficient (Wildman–Crippen LogP) is 6.09. The van der Waals surface area contributed by atoms with Crippen LogP contribution in [0.5, 0.6) is 0 Å². The zero-order valence-corrected chi connectivity index (χ0v) is 20.0. The molecule has 0 aliphatic heterocycles. The number of aliphatic hydroxyl groups excluding tert-OH is 1. The molecule has 1 aromatic rings. The summed E-state index contributed by atoms with van der Waals surface area (Å²) >= 11 is 0. The molecule has 0 spiro atoms. The molecule has 1 unspecified atom stereocenters. The van der Waals surface area contributed by atoms with Crippen LogP contribution in [0.1, 0.15) is 80.6 Å². The lowest BCUT2D eigenvalue weighted by Gasteiger charge is -2.23. The first-order valence-electron chi connectivity index (χ1n) is 12.6. The van der Waals surface area contributed by atoms with Gasteiger partial charge in [0.05, 0.1) is 17.3 Å². The molecule has 1 saturated carbocycles. The molecular weight excluding hydrogens is 412 g/mol. The topological polar surface area (TPSA) is 77.8 Å². The number of hydrogen-bond acceptors (Lipinski definition) is 3. The lowest BCUT2D eigenvalue weighted by molar-refractivity contribution is 0.0695. The zero-order valence-electron chi connectivity index (χ0n) is 20.0. The summed E-state index contributed by atoms with van der Waals surface area (Å²) in [6.45, 7) is 5.93. The first-order valence-corrected chi connectivity index (χ1v) is 12.6. The number of aryl methyl sites for hydroxylation is 1. The van der Waals surface area contributed by atoms with Gasteiger partial charge in [0.15, 0.2) is 0 Å². The van der Waals surface area contributed by atoms with Crippen molar-refractivity contribution in [1.82, 2.24) is 0 Å². The molecule has 2 aliphatic rings. The number of aliphatic hydroxyl groups is 2. The molecule has 33 heavy (non-hydrogen) atoms. The van der Waals surface area contributed by atoms with Crippen molar-refractivity contribution in [3.05, 3.63) is 71.8 Å². The van der Waals surface area contributed by atoms with Gasteiger partial charge in [0.2, 0.25) is 0 Å². The second-order valence-corrected chi connectivity index (χ2v) is 9.95. The Bertz CT molecular complexity index is 870. The molecule has 4 heteroatoms. The maximum absolute atomic E-state index is 11.4. The summed E-state index contributed by atoms with van der Waals surface area (Å²) in [5.41, 5.74) is 1.95. The predicted molar refractivity (Wildman–Crippen MR) is 133 cm³/mol. The number of carbonyl (C=O) groups is 1. The van der Waals surface area contributed by atoms with Crippen LogP contribution in [0.25, 0.3) is 0 Å². The lowest BCUT2D eigenvalue weighted by Crippen LogP contribution is -2.24. The number of unbranched alkanes of at least 4 members (excludes halogenated alkanes) is 2. The number of allylic oxidation sites excluding steroid dienone is 2. The highest BCUT2D eigenvalue weighted by molar-refractivity contribution is 5.89. The monoisotopic (exact) mass is 452 g/mol. The maximum Gasteiger partial charge on any atom is 0.335 e. The Morgan fingerprint density at radius 1 is 1.21 bits per heavy atom. The van der Waals surface area contributed by atoms with E-state index in [9.17, 15) is 20.1 Å². The molecule has 0 saturated heterocycles. The first kappa shape index (κ1) is 25.5. The summed E-state index contributed by atoms with van der Waals surface area (Å²) in [4.78, 5) is 11.4. The maximum atomic E-state index is 11.4. The lowest BCUT2D eigenvalue weighted by atomic mass is 9.87. The van der Waals surface area contributed by atoms with Crippen LogP contribution in [0.4, 0.5) is 0 Å². The van der Waals surface area contributed by atoms with Crippen molar-refractivity contribution in [3.8, 4) is 0 Å². The molecule has 1 fully saturated rings. The largest absolute Gasteiger partial charge is 0.478 e. The standard InChI is InChI=1S/C29H40O4/c1-3-5-16-29(33,4-2)17-10-15-25-26-19-21(18-23(26)20-27(25)30)11-6-7-12-22-13-8-9-14-24(22)28(31)32/h4,8-10,13-15,18,23,25-27,30,33H,2-3,5-7,11-12,16-17,19-20H2,1H3,(H,31,32)/t23-,25-,26-,27+,29?/m0/s1. The van der Waals surface area contributed by atoms with E-state index in [2.05, 4.69) is 25.7 Å². The number of aromatic carboxylic acids is 1. The van der Waals surface area contributed by atoms with E-state index in [0.29, 0.717) is 23.8 Å². The van der Waals surface area contributed by atoms with Crippen molar-refractivity contribution in [1.29, 1.82) is 0 Å². The Morgan fingerprint density at radius 2 is 1.97 bits per heavy atom. The van der Waals surface area contributed by atoms with E-state index in [4.69, 9.17) is 0 Å². The Morgan fingerprint density at radius 3 is 2.70 bits per heavy atom. The average molecular weight is 453 g/mol. The summed E-state index contributed by atoms with van der Waals surface area (Å²) < 4.78 is 0. The van der Waals surface area contributed by atoms with Crippen LogP contribution in [0.15, 0.2) is 60.7 Å². The Hall–Kier alpha value is -2.17. The summed E-state index contributed by atoms with van der Waals surface area (Å²) in [6.07, 6.45) is 16.9. The Kier molecular flexibility index (Phi) is 9.10. The van der Waals surface area contributed by atoms with Gasteiger partial charge < -0.3 is 15.3 Å². The van der Waals surface area contributed by atoms with Crippen molar-refractivity contribution in [2.75, 3.05) is 0 Å². The van der Waals surface area contributed by atoms with Crippen molar-refractivity contribution in [3.63, 3.8) is 0 Å². The molecule has 3 rings (SSSR count). The fraction of sp³-hybridized carbons (Fsp3) is 0.552. The van der Waals surface area contributed by atoms with Crippen molar-refractivity contribution < 1.29 is 20.1 Å². The molecule has 4 nitrogen and oxygen atoms in total. The van der Waals surface area contributed by atoms with Gasteiger partial charge in [-0.1, -0.05) is 67.8 Å². The molecule has 0 bridgehead atoms. The van der Waals surface area contributed by atoms with Crippen molar-refractivity contribution in [2.45, 2.75) is 82.8 Å². The third kappa shape index (κ3) is 6.68. The summed E-state index contributed by atoms with van der Waals surface area (Å²) in [7, 11) is 0. The fourth-order valence-electron chi connectivity index (χ4n) is 5.60. The van der Waals surface area contributed by atoms with E-state index in [0.717, 1.165) is 63.4 Å². The van der Waals surface area contributed by atoms with Crippen LogP contribution in [0.3, 0.4) is 0 Å². The molecule has 3 N–H and O–H groups in total. The number of hydrogen-bond donors (Lipinski definition) is 3. The second kappa shape index (κ2) is 11.8. The van der Waals surface area contributed by atoms with Gasteiger partial charge in [-0.25, -0.2) is 4.79 Å². The molecule has 0 radical (unpaired) electrons. The summed E-state index contributed by atoms with van der Waals surface area (Å²) in [5.74, 6) is 0.181. The van der Waals surface area contributed by atoms with E-state index >= 15 is 0 Å². The quantitative estimate of drug-likeness (QED) is 0.250. The molecule has 0 aromatic heterocycles. The van der Waals surface area contributed by atoms with Crippen molar-refractivity contribution in [2.24, 2.45) is 17.8 Å². The Labute approximate surface area is 198 Å². The van der Waals surface area contributed by atoms with Crippen LogP contribution >= 0.6 is 0 Å². The number of benzene rings is 1. The minimum absolute atomic E-state index is 0.145. The summed E-state index contributed by atoms with van der Waals surface area (Å²) in [5, 5.41) is 30.6. The summed E-state index contributed by atoms with van der Waals surface area (Å²) in [6, 6.07) is 7.27. The van der Waals surface area contributed by atoms with Gasteiger partial charge in [0.25, 0.3) is 0 Å². The van der Waals surface area contributed by atoms with Crippen LogP contribution in [-0.2, 0) is 6.42 Å². The average Bonchev–Trinajstić information content (AvgIpc) is 3.32. The third-order valence-corrected chi connectivity index (χ3v) is 7.56. The van der Waals surface area contributed by atoms with Crippen LogP contribution < -0.4 is 0 Å². The van der Waals surface area contributed by atoms with Gasteiger partial charge in [-0.05, 0) is 74.8 Å². The van der Waals surface area contributed by atoms with Crippen LogP contribution in [-0.4, -0.2) is 33.0 Å². The fourth-order valence-corrected chi connectivity index (χ4v) is 5.60. The highest BCUT2D eigenvalue weighted by Crippen LogP contribution is 2.48. The second-order valence-electron chi connectivity index (χ2n) is 9.95. The Balaban J connectivity index is 1.48. The minimum atomic E-state index is -0.855. The molecular formula is C29H40O4.